The van der Waals surface area contributed by atoms with Gasteiger partial charge in [-0.15, -0.1) is 0 Å². The van der Waals surface area contributed by atoms with Gasteiger partial charge in [0.2, 0.25) is 0 Å². The van der Waals surface area contributed by atoms with Crippen LogP contribution in [0.4, 0.5) is 0 Å². The van der Waals surface area contributed by atoms with E-state index in [2.05, 4.69) is 0 Å². The minimum absolute atomic E-state index is 0.117. The van der Waals surface area contributed by atoms with Crippen LogP contribution in [0.25, 0.3) is 0 Å². The van der Waals surface area contributed by atoms with Crippen LogP contribution in [0.5, 0.6) is 5.75 Å². The van der Waals surface area contributed by atoms with E-state index in [9.17, 15) is 10.0 Å². The largest absolute Gasteiger partial charge is 0.633 e. The lowest BCUT2D eigenvalue weighted by Crippen LogP contribution is -2.49. The van der Waals surface area contributed by atoms with Gasteiger partial charge in [0.05, 0.1) is 14.1 Å². The van der Waals surface area contributed by atoms with Crippen LogP contribution in [0.3, 0.4) is 0 Å². The maximum absolute atomic E-state index is 11.6. The highest BCUT2D eigenvalue weighted by molar-refractivity contribution is 5.72. The van der Waals surface area contributed by atoms with Gasteiger partial charge in [0.15, 0.2) is 6.04 Å². The number of hydroxylamine groups is 3. The van der Waals surface area contributed by atoms with E-state index >= 15 is 0 Å². The predicted molar refractivity (Wildman–Crippen MR) is 58.7 cm³/mol. The van der Waals surface area contributed by atoms with Crippen molar-refractivity contribution in [3.05, 3.63) is 35.0 Å². The van der Waals surface area contributed by atoms with Gasteiger partial charge >= 0.3 is 5.97 Å². The molecule has 0 amide bonds. The molecule has 0 spiro atoms. The standard InChI is InChI=1S/C11H15NO4/c1-12(2,16)10(11(14)15)7-8-3-5-9(13)6-4-8/h3-6,10,13H,7H2,1-2H3,(H,14,15)/t10-/m0/s1. The van der Waals surface area contributed by atoms with Crippen molar-refractivity contribution in [2.75, 3.05) is 14.1 Å². The average Bonchev–Trinajstić information content (AvgIpc) is 2.14. The zero-order valence-electron chi connectivity index (χ0n) is 9.25. The number of phenols is 1. The number of carboxylic acids is 1. The molecule has 1 aromatic carbocycles. The summed E-state index contributed by atoms with van der Waals surface area (Å²) in [6, 6.07) is 5.13. The first-order valence-electron chi connectivity index (χ1n) is 4.86. The van der Waals surface area contributed by atoms with Crippen molar-refractivity contribution in [2.24, 2.45) is 0 Å². The number of quaternary nitrogens is 1. The van der Waals surface area contributed by atoms with Gasteiger partial charge in [-0.3, -0.25) is 0 Å². The van der Waals surface area contributed by atoms with Crippen LogP contribution in [0.2, 0.25) is 0 Å². The lowest BCUT2D eigenvalue weighted by Gasteiger charge is -2.39. The zero-order valence-corrected chi connectivity index (χ0v) is 9.25. The van der Waals surface area contributed by atoms with Crippen molar-refractivity contribution in [1.82, 2.24) is 0 Å². The molecule has 5 heteroatoms. The van der Waals surface area contributed by atoms with Crippen LogP contribution < -0.4 is 0 Å². The molecule has 1 aromatic rings. The maximum atomic E-state index is 11.6. The van der Waals surface area contributed by atoms with Gasteiger partial charge in [0.1, 0.15) is 5.75 Å². The second-order valence-corrected chi connectivity index (χ2v) is 4.16. The van der Waals surface area contributed by atoms with E-state index in [-0.39, 0.29) is 12.2 Å². The number of benzene rings is 1. The Morgan fingerprint density at radius 1 is 1.38 bits per heavy atom. The number of aromatic hydroxyl groups is 1. The smallest absolute Gasteiger partial charge is 0.363 e. The van der Waals surface area contributed by atoms with E-state index in [4.69, 9.17) is 10.2 Å². The molecule has 0 aliphatic heterocycles. The van der Waals surface area contributed by atoms with E-state index in [1.165, 1.54) is 26.2 Å². The molecule has 0 saturated carbocycles. The molecule has 0 fully saturated rings. The Kier molecular flexibility index (Phi) is 3.51. The molecule has 88 valence electrons. The Hall–Kier alpha value is -1.59. The number of carboxylic acid groups (broad SMARTS) is 1. The number of phenolic OH excluding ortho intramolecular Hbond substituents is 1. The SMILES string of the molecule is C[N+](C)([O-])[C@@H](Cc1ccc(O)cc1)C(=O)O. The Labute approximate surface area is 93.7 Å². The Balaban J connectivity index is 2.84. The zero-order chi connectivity index (χ0) is 12.3. The van der Waals surface area contributed by atoms with E-state index in [1.54, 1.807) is 12.1 Å². The molecule has 0 heterocycles. The fourth-order valence-corrected chi connectivity index (χ4v) is 1.43. The molecule has 0 aliphatic rings. The number of likely N-dealkylation sites (N-methyl/N-ethyl adjacent to an activating group) is 1. The Bertz CT molecular complexity index is 367. The monoisotopic (exact) mass is 225 g/mol. The first-order chi connectivity index (χ1) is 7.30. The van der Waals surface area contributed by atoms with Gasteiger partial charge in [-0.25, -0.2) is 4.79 Å². The fourth-order valence-electron chi connectivity index (χ4n) is 1.43. The summed E-state index contributed by atoms with van der Waals surface area (Å²) >= 11 is 0. The van der Waals surface area contributed by atoms with Crippen molar-refractivity contribution in [3.8, 4) is 5.75 Å². The molecule has 0 saturated heterocycles. The van der Waals surface area contributed by atoms with Gasteiger partial charge in [0.25, 0.3) is 0 Å². The van der Waals surface area contributed by atoms with Crippen molar-refractivity contribution >= 4 is 5.97 Å². The molecule has 16 heavy (non-hydrogen) atoms. The van der Waals surface area contributed by atoms with E-state index < -0.39 is 16.7 Å². The summed E-state index contributed by atoms with van der Waals surface area (Å²) in [5.41, 5.74) is 0.715. The number of aliphatic carboxylic acids is 1. The number of carbonyl (C=O) groups is 1. The van der Waals surface area contributed by atoms with Gasteiger partial charge in [-0.1, -0.05) is 12.1 Å². The van der Waals surface area contributed by atoms with E-state index in [1.807, 2.05) is 0 Å². The molecular weight excluding hydrogens is 210 g/mol. The number of rotatable bonds is 4. The number of hydrogen-bond acceptors (Lipinski definition) is 3. The molecule has 0 radical (unpaired) electrons. The summed E-state index contributed by atoms with van der Waals surface area (Å²) in [7, 11) is 2.61. The third-order valence-electron chi connectivity index (χ3n) is 2.40. The number of nitrogens with zero attached hydrogens (tertiary/aromatic N) is 1. The third-order valence-corrected chi connectivity index (χ3v) is 2.40. The van der Waals surface area contributed by atoms with E-state index in [0.717, 1.165) is 0 Å². The normalized spacial score (nSPS) is 13.4. The summed E-state index contributed by atoms with van der Waals surface area (Å²) < 4.78 is -0.879. The highest BCUT2D eigenvalue weighted by atomic mass is 16.5. The maximum Gasteiger partial charge on any atom is 0.363 e. The highest BCUT2D eigenvalue weighted by Crippen LogP contribution is 2.15. The van der Waals surface area contributed by atoms with Gasteiger partial charge in [0, 0.05) is 6.42 Å². The molecule has 0 aromatic heterocycles. The van der Waals surface area contributed by atoms with Crippen molar-refractivity contribution < 1.29 is 19.7 Å². The summed E-state index contributed by atoms with van der Waals surface area (Å²) in [6.45, 7) is 0. The second kappa shape index (κ2) is 4.51. The van der Waals surface area contributed by atoms with Crippen molar-refractivity contribution in [3.63, 3.8) is 0 Å². The number of hydrogen-bond donors (Lipinski definition) is 2. The topological polar surface area (TPSA) is 80.6 Å². The van der Waals surface area contributed by atoms with Crippen molar-refractivity contribution in [1.29, 1.82) is 0 Å². The lowest BCUT2D eigenvalue weighted by molar-refractivity contribution is -0.857. The molecule has 5 nitrogen and oxygen atoms in total. The minimum Gasteiger partial charge on any atom is -0.633 e. The fraction of sp³-hybridized carbons (Fsp3) is 0.364. The van der Waals surface area contributed by atoms with E-state index in [0.29, 0.717) is 5.56 Å². The third kappa shape index (κ3) is 3.22. The van der Waals surface area contributed by atoms with Crippen LogP contribution in [0, 0.1) is 5.21 Å². The first-order valence-corrected chi connectivity index (χ1v) is 4.86. The summed E-state index contributed by atoms with van der Waals surface area (Å²) in [6.07, 6.45) is 0.145. The summed E-state index contributed by atoms with van der Waals surface area (Å²) in [4.78, 5) is 11.0. The van der Waals surface area contributed by atoms with Gasteiger partial charge in [-0.05, 0) is 17.7 Å². The van der Waals surface area contributed by atoms with Crippen LogP contribution in [-0.2, 0) is 11.2 Å². The molecule has 2 N–H and O–H groups in total. The minimum atomic E-state index is -1.12. The summed E-state index contributed by atoms with van der Waals surface area (Å²) in [5.74, 6) is -1.00. The summed E-state index contributed by atoms with van der Waals surface area (Å²) in [5, 5.41) is 29.7. The average molecular weight is 225 g/mol. The molecule has 1 atom stereocenters. The van der Waals surface area contributed by atoms with Crippen LogP contribution >= 0.6 is 0 Å². The van der Waals surface area contributed by atoms with Gasteiger partial charge < -0.3 is 20.1 Å². The van der Waals surface area contributed by atoms with Gasteiger partial charge in [-0.2, -0.15) is 0 Å². The molecule has 0 unspecified atom stereocenters. The van der Waals surface area contributed by atoms with Crippen LogP contribution in [-0.4, -0.2) is 41.0 Å². The lowest BCUT2D eigenvalue weighted by atomic mass is 10.0. The van der Waals surface area contributed by atoms with Crippen molar-refractivity contribution in [2.45, 2.75) is 12.5 Å². The van der Waals surface area contributed by atoms with Crippen LogP contribution in [0.1, 0.15) is 5.56 Å². The first kappa shape index (κ1) is 12.5. The predicted octanol–water partition coefficient (Wildman–Crippen LogP) is 0.962. The quantitative estimate of drug-likeness (QED) is 0.590. The second-order valence-electron chi connectivity index (χ2n) is 4.16. The van der Waals surface area contributed by atoms with Crippen LogP contribution in [0.15, 0.2) is 24.3 Å². The molecular formula is C11H15NO4. The highest BCUT2D eigenvalue weighted by Gasteiger charge is 2.28. The Morgan fingerprint density at radius 3 is 2.25 bits per heavy atom. The molecule has 0 bridgehead atoms. The molecule has 1 rings (SSSR count). The molecule has 0 aliphatic carbocycles. The Morgan fingerprint density at radius 2 is 1.88 bits per heavy atom.